The van der Waals surface area contributed by atoms with E-state index >= 15 is 0 Å². The lowest BCUT2D eigenvalue weighted by Crippen LogP contribution is -2.48. The number of nitrogens with zero attached hydrogens (tertiary/aromatic N) is 1. The van der Waals surface area contributed by atoms with Gasteiger partial charge >= 0.3 is 0 Å². The van der Waals surface area contributed by atoms with Gasteiger partial charge in [-0.2, -0.15) is 0 Å². The number of hydrogen-bond donors (Lipinski definition) is 1. The first-order valence-corrected chi connectivity index (χ1v) is 7.96. The summed E-state index contributed by atoms with van der Waals surface area (Å²) in [6.45, 7) is 4.60. The first kappa shape index (κ1) is 12.8. The average Bonchev–Trinajstić information content (AvgIpc) is 3.02. The zero-order chi connectivity index (χ0) is 12.3. The van der Waals surface area contributed by atoms with Crippen LogP contribution in [0.3, 0.4) is 0 Å². The smallest absolute Gasteiger partial charge is 0.157 e. The zero-order valence-electron chi connectivity index (χ0n) is 10.8. The Kier molecular flexibility index (Phi) is 4.11. The molecular formula is C13H22N2O2S. The van der Waals surface area contributed by atoms with Crippen molar-refractivity contribution >= 4 is 16.9 Å². The molecule has 0 radical (unpaired) electrons. The minimum Gasteiger partial charge on any atom is -0.381 e. The van der Waals surface area contributed by atoms with Gasteiger partial charge in [-0.15, -0.1) is 0 Å². The van der Waals surface area contributed by atoms with Crippen LogP contribution in [0.25, 0.3) is 0 Å². The van der Waals surface area contributed by atoms with Crippen LogP contribution >= 0.6 is 11.8 Å². The number of thioether (sulfide) groups is 1. The normalized spacial score (nSPS) is 33.1. The molecule has 1 N–H and O–H groups in total. The second-order valence-corrected chi connectivity index (χ2v) is 6.48. The Labute approximate surface area is 113 Å². The van der Waals surface area contributed by atoms with E-state index in [2.05, 4.69) is 5.32 Å². The van der Waals surface area contributed by atoms with Crippen molar-refractivity contribution in [1.82, 2.24) is 5.32 Å². The second-order valence-electron chi connectivity index (χ2n) is 5.51. The Bertz CT molecular complexity index is 310. The van der Waals surface area contributed by atoms with E-state index in [-0.39, 0.29) is 5.54 Å². The highest BCUT2D eigenvalue weighted by molar-refractivity contribution is 8.14. The molecule has 1 spiro atoms. The number of nitrogens with one attached hydrogen (secondary N) is 1. The summed E-state index contributed by atoms with van der Waals surface area (Å²) < 4.78 is 10.8. The molecular weight excluding hydrogens is 248 g/mol. The predicted molar refractivity (Wildman–Crippen MR) is 74.2 cm³/mol. The van der Waals surface area contributed by atoms with E-state index in [1.165, 1.54) is 12.8 Å². The van der Waals surface area contributed by atoms with Crippen molar-refractivity contribution in [2.45, 2.75) is 31.2 Å². The lowest BCUT2D eigenvalue weighted by Gasteiger charge is -2.32. The summed E-state index contributed by atoms with van der Waals surface area (Å²) in [5.41, 5.74) is 0.276. The fourth-order valence-corrected chi connectivity index (χ4v) is 4.03. The zero-order valence-corrected chi connectivity index (χ0v) is 11.6. The summed E-state index contributed by atoms with van der Waals surface area (Å²) in [7, 11) is 0. The monoisotopic (exact) mass is 270 g/mol. The van der Waals surface area contributed by atoms with E-state index in [9.17, 15) is 0 Å². The van der Waals surface area contributed by atoms with Crippen molar-refractivity contribution in [1.29, 1.82) is 0 Å². The third-order valence-electron chi connectivity index (χ3n) is 4.12. The highest BCUT2D eigenvalue weighted by Gasteiger charge is 2.38. The molecule has 1 atom stereocenters. The number of hydrogen-bond acceptors (Lipinski definition) is 4. The van der Waals surface area contributed by atoms with Crippen LogP contribution in [0.15, 0.2) is 4.99 Å². The fourth-order valence-electron chi connectivity index (χ4n) is 2.78. The summed E-state index contributed by atoms with van der Waals surface area (Å²) >= 11 is 1.88. The summed E-state index contributed by atoms with van der Waals surface area (Å²) in [5.74, 6) is 1.89. The van der Waals surface area contributed by atoms with Gasteiger partial charge in [0.2, 0.25) is 0 Å². The van der Waals surface area contributed by atoms with Crippen LogP contribution in [0.5, 0.6) is 0 Å². The molecule has 102 valence electrons. The molecule has 0 aliphatic carbocycles. The Morgan fingerprint density at radius 3 is 2.94 bits per heavy atom. The highest BCUT2D eigenvalue weighted by atomic mass is 32.2. The maximum Gasteiger partial charge on any atom is 0.157 e. The molecule has 3 aliphatic heterocycles. The molecule has 5 heteroatoms. The summed E-state index contributed by atoms with van der Waals surface area (Å²) in [6.07, 6.45) is 4.62. The van der Waals surface area contributed by atoms with E-state index in [1.54, 1.807) is 0 Å². The quantitative estimate of drug-likeness (QED) is 0.847. The summed E-state index contributed by atoms with van der Waals surface area (Å²) in [4.78, 5) is 4.71. The topological polar surface area (TPSA) is 42.8 Å². The van der Waals surface area contributed by atoms with Gasteiger partial charge in [-0.05, 0) is 31.6 Å². The van der Waals surface area contributed by atoms with E-state index in [0.717, 1.165) is 62.7 Å². The first-order valence-electron chi connectivity index (χ1n) is 6.97. The molecule has 3 heterocycles. The van der Waals surface area contributed by atoms with Gasteiger partial charge in [-0.3, -0.25) is 4.99 Å². The van der Waals surface area contributed by atoms with E-state index < -0.39 is 0 Å². The van der Waals surface area contributed by atoms with Gasteiger partial charge in [0.1, 0.15) is 0 Å². The molecule has 0 aromatic heterocycles. The van der Waals surface area contributed by atoms with Crippen molar-refractivity contribution in [3.63, 3.8) is 0 Å². The molecule has 4 nitrogen and oxygen atoms in total. The number of rotatable bonds is 3. The number of ether oxygens (including phenoxy) is 2. The van der Waals surface area contributed by atoms with Gasteiger partial charge in [-0.25, -0.2) is 0 Å². The van der Waals surface area contributed by atoms with Crippen molar-refractivity contribution in [2.75, 3.05) is 38.7 Å². The molecule has 0 bridgehead atoms. The van der Waals surface area contributed by atoms with E-state index in [0.29, 0.717) is 0 Å². The molecule has 0 amide bonds. The molecule has 3 rings (SSSR count). The molecule has 0 saturated carbocycles. The highest BCUT2D eigenvalue weighted by Crippen LogP contribution is 2.31. The Hall–Kier alpha value is -0.260. The molecule has 0 aromatic rings. The van der Waals surface area contributed by atoms with E-state index in [4.69, 9.17) is 14.5 Å². The SMILES string of the molecule is C(CC1CCOC1)N=C1NC2(CCOCC2)CS1. The maximum absolute atomic E-state index is 5.44. The second kappa shape index (κ2) is 5.80. The molecule has 3 fully saturated rings. The Morgan fingerprint density at radius 1 is 1.28 bits per heavy atom. The van der Waals surface area contributed by atoms with Crippen LogP contribution < -0.4 is 5.32 Å². The van der Waals surface area contributed by atoms with Crippen LogP contribution in [-0.2, 0) is 9.47 Å². The molecule has 3 aliphatic rings. The minimum atomic E-state index is 0.276. The Morgan fingerprint density at radius 2 is 2.17 bits per heavy atom. The van der Waals surface area contributed by atoms with Gasteiger partial charge in [0.15, 0.2) is 5.17 Å². The van der Waals surface area contributed by atoms with Crippen molar-refractivity contribution < 1.29 is 9.47 Å². The van der Waals surface area contributed by atoms with Gasteiger partial charge in [0.25, 0.3) is 0 Å². The van der Waals surface area contributed by atoms with Crippen molar-refractivity contribution in [2.24, 2.45) is 10.9 Å². The van der Waals surface area contributed by atoms with Crippen LogP contribution in [0.2, 0.25) is 0 Å². The first-order chi connectivity index (χ1) is 8.86. The maximum atomic E-state index is 5.44. The lowest BCUT2D eigenvalue weighted by atomic mass is 9.93. The molecule has 3 saturated heterocycles. The van der Waals surface area contributed by atoms with Gasteiger partial charge < -0.3 is 14.8 Å². The van der Waals surface area contributed by atoms with Gasteiger partial charge in [-0.1, -0.05) is 11.8 Å². The minimum absolute atomic E-state index is 0.276. The van der Waals surface area contributed by atoms with Gasteiger partial charge in [0.05, 0.1) is 5.54 Å². The van der Waals surface area contributed by atoms with Crippen LogP contribution in [0, 0.1) is 5.92 Å². The van der Waals surface area contributed by atoms with Crippen LogP contribution in [0.4, 0.5) is 0 Å². The van der Waals surface area contributed by atoms with Crippen LogP contribution in [-0.4, -0.2) is 49.4 Å². The van der Waals surface area contributed by atoms with Gasteiger partial charge in [0, 0.05) is 38.7 Å². The summed E-state index contributed by atoms with van der Waals surface area (Å²) in [6, 6.07) is 0. The van der Waals surface area contributed by atoms with Crippen molar-refractivity contribution in [3.8, 4) is 0 Å². The fraction of sp³-hybridized carbons (Fsp3) is 0.923. The average molecular weight is 270 g/mol. The largest absolute Gasteiger partial charge is 0.381 e. The molecule has 18 heavy (non-hydrogen) atoms. The van der Waals surface area contributed by atoms with E-state index in [1.807, 2.05) is 11.8 Å². The summed E-state index contributed by atoms with van der Waals surface area (Å²) in [5, 5.41) is 4.78. The number of amidine groups is 1. The number of aliphatic imine (C=N–C) groups is 1. The third kappa shape index (κ3) is 3.00. The molecule has 0 aromatic carbocycles. The standard InChI is InChI=1S/C13H22N2O2S/c1(11-2-6-17-9-11)5-14-12-15-13(10-18-12)3-7-16-8-4-13/h11H,1-10H2,(H,14,15). The third-order valence-corrected chi connectivity index (χ3v) is 5.33. The Balaban J connectivity index is 1.45. The predicted octanol–water partition coefficient (Wildman–Crippen LogP) is 1.65. The van der Waals surface area contributed by atoms with Crippen LogP contribution in [0.1, 0.15) is 25.7 Å². The molecule has 1 unspecified atom stereocenters. The van der Waals surface area contributed by atoms with Crippen molar-refractivity contribution in [3.05, 3.63) is 0 Å². The lowest BCUT2D eigenvalue weighted by molar-refractivity contribution is 0.0555.